The van der Waals surface area contributed by atoms with Crippen LogP contribution in [0.5, 0.6) is 11.6 Å². The molecule has 1 aromatic heterocycles. The van der Waals surface area contributed by atoms with Crippen LogP contribution in [-0.2, 0) is 6.61 Å². The average molecular weight is 338 g/mol. The number of benzene rings is 2. The molecule has 126 valence electrons. The van der Waals surface area contributed by atoms with Crippen molar-refractivity contribution in [1.82, 2.24) is 4.98 Å². The summed E-state index contributed by atoms with van der Waals surface area (Å²) in [5.41, 5.74) is 1.02. The summed E-state index contributed by atoms with van der Waals surface area (Å²) in [6.45, 7) is -0.0455. The van der Waals surface area contributed by atoms with Gasteiger partial charge in [0, 0.05) is 23.5 Å². The molecule has 0 bridgehead atoms. The number of aromatic hydroxyl groups is 1. The first-order chi connectivity index (χ1) is 12.1. The molecule has 0 saturated heterocycles. The van der Waals surface area contributed by atoms with Crippen LogP contribution in [0, 0.1) is 5.82 Å². The van der Waals surface area contributed by atoms with Gasteiger partial charge in [0.15, 0.2) is 0 Å². The molecule has 0 saturated carbocycles. The number of anilines is 1. The molecule has 2 aromatic carbocycles. The minimum Gasteiger partial charge on any atom is -0.508 e. The molecule has 25 heavy (non-hydrogen) atoms. The van der Waals surface area contributed by atoms with E-state index in [1.165, 1.54) is 24.4 Å². The number of phenolic OH excluding ortho intramolecular Hbond substituents is 1. The fourth-order valence-electron chi connectivity index (χ4n) is 2.22. The van der Waals surface area contributed by atoms with Gasteiger partial charge in [0.25, 0.3) is 5.91 Å². The predicted molar refractivity (Wildman–Crippen MR) is 91.0 cm³/mol. The summed E-state index contributed by atoms with van der Waals surface area (Å²) in [6.07, 6.45) is 1.49. The Morgan fingerprint density at radius 3 is 2.76 bits per heavy atom. The zero-order valence-corrected chi connectivity index (χ0v) is 13.1. The standard InChI is InChI=1S/C19H15FN2O3/c20-17-9-2-1-5-13(17)12-25-19-16(8-4-10-21-19)18(24)22-14-6-3-7-15(23)11-14/h1-11,23H,12H2,(H,22,24). The van der Waals surface area contributed by atoms with E-state index in [-0.39, 0.29) is 29.6 Å². The molecule has 0 aliphatic rings. The molecule has 6 heteroatoms. The zero-order chi connectivity index (χ0) is 17.6. The number of hydrogen-bond donors (Lipinski definition) is 2. The lowest BCUT2D eigenvalue weighted by Crippen LogP contribution is -2.14. The van der Waals surface area contributed by atoms with E-state index >= 15 is 0 Å². The molecule has 0 radical (unpaired) electrons. The topological polar surface area (TPSA) is 71.5 Å². The molecule has 5 nitrogen and oxygen atoms in total. The zero-order valence-electron chi connectivity index (χ0n) is 13.1. The Kier molecular flexibility index (Phi) is 4.89. The van der Waals surface area contributed by atoms with Crippen molar-refractivity contribution in [3.63, 3.8) is 0 Å². The lowest BCUT2D eigenvalue weighted by atomic mass is 10.2. The number of carbonyl (C=O) groups is 1. The second-order valence-corrected chi connectivity index (χ2v) is 5.24. The van der Waals surface area contributed by atoms with Crippen molar-refractivity contribution in [1.29, 1.82) is 0 Å². The first-order valence-electron chi connectivity index (χ1n) is 7.55. The second kappa shape index (κ2) is 7.44. The highest BCUT2D eigenvalue weighted by atomic mass is 19.1. The fourth-order valence-corrected chi connectivity index (χ4v) is 2.22. The van der Waals surface area contributed by atoms with Crippen LogP contribution in [0.2, 0.25) is 0 Å². The monoisotopic (exact) mass is 338 g/mol. The van der Waals surface area contributed by atoms with E-state index in [0.29, 0.717) is 11.3 Å². The van der Waals surface area contributed by atoms with Crippen LogP contribution >= 0.6 is 0 Å². The number of halogens is 1. The van der Waals surface area contributed by atoms with Gasteiger partial charge >= 0.3 is 0 Å². The van der Waals surface area contributed by atoms with E-state index in [9.17, 15) is 14.3 Å². The maximum absolute atomic E-state index is 13.7. The Balaban J connectivity index is 1.76. The molecule has 0 fully saturated rings. The molecule has 0 atom stereocenters. The molecule has 1 amide bonds. The Morgan fingerprint density at radius 1 is 1.12 bits per heavy atom. The van der Waals surface area contributed by atoms with Crippen molar-refractivity contribution >= 4 is 11.6 Å². The van der Waals surface area contributed by atoms with Gasteiger partial charge in [-0.25, -0.2) is 9.37 Å². The van der Waals surface area contributed by atoms with Crippen LogP contribution in [0.15, 0.2) is 66.9 Å². The lowest BCUT2D eigenvalue weighted by molar-refractivity contribution is 0.102. The summed E-state index contributed by atoms with van der Waals surface area (Å²) < 4.78 is 19.2. The normalized spacial score (nSPS) is 10.3. The summed E-state index contributed by atoms with van der Waals surface area (Å²) >= 11 is 0. The van der Waals surface area contributed by atoms with Gasteiger partial charge in [-0.2, -0.15) is 0 Å². The van der Waals surface area contributed by atoms with E-state index in [0.717, 1.165) is 0 Å². The van der Waals surface area contributed by atoms with Crippen molar-refractivity contribution in [2.45, 2.75) is 6.61 Å². The molecule has 3 aromatic rings. The van der Waals surface area contributed by atoms with Crippen molar-refractivity contribution in [2.24, 2.45) is 0 Å². The minimum absolute atomic E-state index is 0.0417. The van der Waals surface area contributed by atoms with Gasteiger partial charge < -0.3 is 15.2 Å². The van der Waals surface area contributed by atoms with Crippen LogP contribution in [-0.4, -0.2) is 16.0 Å². The second-order valence-electron chi connectivity index (χ2n) is 5.24. The quantitative estimate of drug-likeness (QED) is 0.743. The van der Waals surface area contributed by atoms with Gasteiger partial charge in [0.2, 0.25) is 5.88 Å². The van der Waals surface area contributed by atoms with Crippen molar-refractivity contribution < 1.29 is 19.0 Å². The highest BCUT2D eigenvalue weighted by molar-refractivity contribution is 6.05. The van der Waals surface area contributed by atoms with Gasteiger partial charge in [-0.3, -0.25) is 4.79 Å². The van der Waals surface area contributed by atoms with E-state index in [4.69, 9.17) is 4.74 Å². The van der Waals surface area contributed by atoms with Crippen molar-refractivity contribution in [2.75, 3.05) is 5.32 Å². The van der Waals surface area contributed by atoms with E-state index in [1.54, 1.807) is 42.5 Å². The number of carbonyl (C=O) groups excluding carboxylic acids is 1. The number of rotatable bonds is 5. The molecule has 0 aliphatic heterocycles. The van der Waals surface area contributed by atoms with Gasteiger partial charge in [-0.15, -0.1) is 0 Å². The molecule has 1 heterocycles. The van der Waals surface area contributed by atoms with Crippen LogP contribution < -0.4 is 10.1 Å². The summed E-state index contributed by atoms with van der Waals surface area (Å²) in [6, 6.07) is 15.6. The summed E-state index contributed by atoms with van der Waals surface area (Å²) in [5, 5.41) is 12.1. The molecule has 0 unspecified atom stereocenters. The Bertz CT molecular complexity index is 899. The number of nitrogens with zero attached hydrogens (tertiary/aromatic N) is 1. The molecular formula is C19H15FN2O3. The molecule has 0 spiro atoms. The summed E-state index contributed by atoms with van der Waals surface area (Å²) in [5.74, 6) is -0.685. The highest BCUT2D eigenvalue weighted by Crippen LogP contribution is 2.20. The average Bonchev–Trinajstić information content (AvgIpc) is 2.61. The lowest BCUT2D eigenvalue weighted by Gasteiger charge is -2.11. The van der Waals surface area contributed by atoms with E-state index in [2.05, 4.69) is 10.3 Å². The third-order valence-corrected chi connectivity index (χ3v) is 3.44. The number of nitrogens with one attached hydrogen (secondary N) is 1. The number of phenols is 1. The molecule has 3 rings (SSSR count). The summed E-state index contributed by atoms with van der Waals surface area (Å²) in [7, 11) is 0. The van der Waals surface area contributed by atoms with Gasteiger partial charge in [0.1, 0.15) is 23.7 Å². The first-order valence-corrected chi connectivity index (χ1v) is 7.55. The van der Waals surface area contributed by atoms with Crippen molar-refractivity contribution in [3.05, 3.63) is 83.8 Å². The number of amides is 1. The minimum atomic E-state index is -0.442. The van der Waals surface area contributed by atoms with E-state index in [1.807, 2.05) is 0 Å². The van der Waals surface area contributed by atoms with Gasteiger partial charge in [0.05, 0.1) is 0 Å². The highest BCUT2D eigenvalue weighted by Gasteiger charge is 2.14. The Hall–Kier alpha value is -3.41. The van der Waals surface area contributed by atoms with Crippen LogP contribution in [0.1, 0.15) is 15.9 Å². The predicted octanol–water partition coefficient (Wildman–Crippen LogP) is 3.76. The third kappa shape index (κ3) is 4.11. The number of pyridine rings is 1. The number of ether oxygens (including phenoxy) is 1. The third-order valence-electron chi connectivity index (χ3n) is 3.44. The van der Waals surface area contributed by atoms with Crippen LogP contribution in [0.4, 0.5) is 10.1 Å². The maximum atomic E-state index is 13.7. The number of aromatic nitrogens is 1. The largest absolute Gasteiger partial charge is 0.508 e. The van der Waals surface area contributed by atoms with Crippen LogP contribution in [0.25, 0.3) is 0 Å². The maximum Gasteiger partial charge on any atom is 0.261 e. The molecule has 0 aliphatic carbocycles. The summed E-state index contributed by atoms with van der Waals surface area (Å²) in [4.78, 5) is 16.5. The van der Waals surface area contributed by atoms with Crippen LogP contribution in [0.3, 0.4) is 0 Å². The smallest absolute Gasteiger partial charge is 0.261 e. The fraction of sp³-hybridized carbons (Fsp3) is 0.0526. The number of hydrogen-bond acceptors (Lipinski definition) is 4. The Morgan fingerprint density at radius 2 is 1.96 bits per heavy atom. The SMILES string of the molecule is O=C(Nc1cccc(O)c1)c1cccnc1OCc1ccccc1F. The van der Waals surface area contributed by atoms with E-state index < -0.39 is 5.91 Å². The molecule has 2 N–H and O–H groups in total. The Labute approximate surface area is 143 Å². The van der Waals surface area contributed by atoms with Gasteiger partial charge in [-0.1, -0.05) is 24.3 Å². The molecular weight excluding hydrogens is 323 g/mol. The first kappa shape index (κ1) is 16.4. The van der Waals surface area contributed by atoms with Gasteiger partial charge in [-0.05, 0) is 30.3 Å². The van der Waals surface area contributed by atoms with Crippen molar-refractivity contribution in [3.8, 4) is 11.6 Å².